The van der Waals surface area contributed by atoms with Crippen LogP contribution in [0.25, 0.3) is 0 Å². The van der Waals surface area contributed by atoms with E-state index in [0.717, 1.165) is 0 Å². The lowest BCUT2D eigenvalue weighted by molar-refractivity contribution is -0.145. The number of hydrogen-bond acceptors (Lipinski definition) is 3. The molecule has 0 spiro atoms. The van der Waals surface area contributed by atoms with Crippen LogP contribution < -0.4 is 10.1 Å². The number of carboxylic acids is 1. The molecule has 0 saturated carbocycles. The normalized spacial score (nSPS) is 12.6. The standard InChI is InChI=1S/C15H20ClNO4/c1-4-6-12(13(18)19)17-14(20)15(2,3)21-11-8-5-7-10(16)9-11/h5,7-9,12H,4,6H2,1-3H3,(H,17,20)(H,18,19). The summed E-state index contributed by atoms with van der Waals surface area (Å²) in [5.74, 6) is -1.09. The lowest BCUT2D eigenvalue weighted by Gasteiger charge is -2.27. The fourth-order valence-corrected chi connectivity index (χ4v) is 1.93. The van der Waals surface area contributed by atoms with E-state index in [-0.39, 0.29) is 0 Å². The lowest BCUT2D eigenvalue weighted by Crippen LogP contribution is -2.52. The molecule has 6 heteroatoms. The third-order valence-electron chi connectivity index (χ3n) is 2.90. The van der Waals surface area contributed by atoms with Crippen LogP contribution in [-0.2, 0) is 9.59 Å². The van der Waals surface area contributed by atoms with Gasteiger partial charge in [0.25, 0.3) is 5.91 Å². The van der Waals surface area contributed by atoms with Crippen LogP contribution in [0.2, 0.25) is 5.02 Å². The second kappa shape index (κ2) is 7.31. The molecule has 0 saturated heterocycles. The maximum Gasteiger partial charge on any atom is 0.326 e. The van der Waals surface area contributed by atoms with Crippen LogP contribution in [0, 0.1) is 0 Å². The Balaban J connectivity index is 2.76. The Labute approximate surface area is 129 Å². The number of ether oxygens (including phenoxy) is 1. The van der Waals surface area contributed by atoms with Crippen LogP contribution in [0.4, 0.5) is 0 Å². The molecular formula is C15H20ClNO4. The van der Waals surface area contributed by atoms with Crippen LogP contribution in [0.3, 0.4) is 0 Å². The third-order valence-corrected chi connectivity index (χ3v) is 3.13. The highest BCUT2D eigenvalue weighted by molar-refractivity contribution is 6.30. The Morgan fingerprint density at radius 1 is 1.43 bits per heavy atom. The van der Waals surface area contributed by atoms with Crippen LogP contribution >= 0.6 is 11.6 Å². The fraction of sp³-hybridized carbons (Fsp3) is 0.467. The van der Waals surface area contributed by atoms with Crippen molar-refractivity contribution < 1.29 is 19.4 Å². The summed E-state index contributed by atoms with van der Waals surface area (Å²) in [6.45, 7) is 5.01. The van der Waals surface area contributed by atoms with Crippen LogP contribution in [0.15, 0.2) is 24.3 Å². The number of nitrogens with one attached hydrogen (secondary N) is 1. The number of hydrogen-bond donors (Lipinski definition) is 2. The number of rotatable bonds is 7. The summed E-state index contributed by atoms with van der Waals surface area (Å²) in [7, 11) is 0. The molecule has 1 atom stereocenters. The fourth-order valence-electron chi connectivity index (χ4n) is 1.75. The van der Waals surface area contributed by atoms with Gasteiger partial charge in [0.2, 0.25) is 0 Å². The van der Waals surface area contributed by atoms with E-state index in [0.29, 0.717) is 23.6 Å². The van der Waals surface area contributed by atoms with E-state index in [1.54, 1.807) is 38.1 Å². The molecule has 0 aliphatic carbocycles. The van der Waals surface area contributed by atoms with E-state index in [2.05, 4.69) is 5.32 Å². The number of carbonyl (C=O) groups is 2. The van der Waals surface area contributed by atoms with Gasteiger partial charge < -0.3 is 15.2 Å². The van der Waals surface area contributed by atoms with Crippen molar-refractivity contribution in [3.05, 3.63) is 29.3 Å². The summed E-state index contributed by atoms with van der Waals surface area (Å²) in [4.78, 5) is 23.3. The van der Waals surface area contributed by atoms with E-state index < -0.39 is 23.5 Å². The number of carbonyl (C=O) groups excluding carboxylic acids is 1. The first kappa shape index (κ1) is 17.3. The molecule has 0 fully saturated rings. The van der Waals surface area contributed by atoms with E-state index >= 15 is 0 Å². The molecule has 1 aromatic carbocycles. The van der Waals surface area contributed by atoms with Gasteiger partial charge >= 0.3 is 5.97 Å². The lowest BCUT2D eigenvalue weighted by atomic mass is 10.1. The van der Waals surface area contributed by atoms with Gasteiger partial charge in [0.05, 0.1) is 0 Å². The Kier molecular flexibility index (Phi) is 6.03. The Bertz CT molecular complexity index is 516. The van der Waals surface area contributed by atoms with Gasteiger partial charge in [0, 0.05) is 5.02 Å². The van der Waals surface area contributed by atoms with Gasteiger partial charge in [-0.25, -0.2) is 4.79 Å². The summed E-state index contributed by atoms with van der Waals surface area (Å²) in [5.41, 5.74) is -1.20. The van der Waals surface area contributed by atoms with Gasteiger partial charge in [-0.2, -0.15) is 0 Å². The first-order valence-corrected chi connectivity index (χ1v) is 7.12. The van der Waals surface area contributed by atoms with E-state index in [1.807, 2.05) is 6.92 Å². The summed E-state index contributed by atoms with van der Waals surface area (Å²) in [5, 5.41) is 12.1. The van der Waals surface area contributed by atoms with E-state index in [1.165, 1.54) is 0 Å². The molecule has 1 amide bonds. The maximum atomic E-state index is 12.2. The Hall–Kier alpha value is -1.75. The SMILES string of the molecule is CCCC(NC(=O)C(C)(C)Oc1cccc(Cl)c1)C(=O)O. The Morgan fingerprint density at radius 3 is 2.62 bits per heavy atom. The number of aliphatic carboxylic acids is 1. The smallest absolute Gasteiger partial charge is 0.326 e. The minimum absolute atomic E-state index is 0.369. The van der Waals surface area contributed by atoms with Gasteiger partial charge in [-0.1, -0.05) is 31.0 Å². The zero-order valence-electron chi connectivity index (χ0n) is 12.4. The van der Waals surface area contributed by atoms with Crippen molar-refractivity contribution in [2.45, 2.75) is 45.3 Å². The summed E-state index contributed by atoms with van der Waals surface area (Å²) in [6.07, 6.45) is 1.03. The van der Waals surface area contributed by atoms with Gasteiger partial charge in [-0.05, 0) is 38.5 Å². The largest absolute Gasteiger partial charge is 0.480 e. The molecule has 0 bridgehead atoms. The second-order valence-corrected chi connectivity index (χ2v) is 5.66. The van der Waals surface area contributed by atoms with Crippen molar-refractivity contribution >= 4 is 23.5 Å². The third kappa shape index (κ3) is 5.27. The number of benzene rings is 1. The quantitative estimate of drug-likeness (QED) is 0.811. The Morgan fingerprint density at radius 2 is 2.10 bits per heavy atom. The van der Waals surface area contributed by atoms with Crippen molar-refractivity contribution in [1.29, 1.82) is 0 Å². The van der Waals surface area contributed by atoms with Gasteiger partial charge in [-0.3, -0.25) is 4.79 Å². The van der Waals surface area contributed by atoms with Crippen molar-refractivity contribution in [1.82, 2.24) is 5.32 Å². The maximum absolute atomic E-state index is 12.2. The van der Waals surface area contributed by atoms with Gasteiger partial charge in [0.15, 0.2) is 5.60 Å². The van der Waals surface area contributed by atoms with Crippen molar-refractivity contribution in [3.8, 4) is 5.75 Å². The molecule has 2 N–H and O–H groups in total. The molecular weight excluding hydrogens is 294 g/mol. The minimum atomic E-state index is -1.20. The molecule has 0 aliphatic heterocycles. The summed E-state index contributed by atoms with van der Waals surface area (Å²) >= 11 is 5.86. The average Bonchev–Trinajstić information content (AvgIpc) is 2.37. The topological polar surface area (TPSA) is 75.6 Å². The van der Waals surface area contributed by atoms with Crippen LogP contribution in [0.1, 0.15) is 33.6 Å². The van der Waals surface area contributed by atoms with Crippen molar-refractivity contribution in [2.75, 3.05) is 0 Å². The molecule has 1 unspecified atom stereocenters. The number of amides is 1. The first-order valence-electron chi connectivity index (χ1n) is 6.74. The highest BCUT2D eigenvalue weighted by Gasteiger charge is 2.33. The molecule has 116 valence electrons. The molecule has 1 rings (SSSR count). The predicted molar refractivity (Wildman–Crippen MR) is 80.6 cm³/mol. The predicted octanol–water partition coefficient (Wildman–Crippen LogP) is 2.87. The molecule has 1 aromatic rings. The summed E-state index contributed by atoms with van der Waals surface area (Å²) in [6, 6.07) is 5.77. The van der Waals surface area contributed by atoms with Gasteiger partial charge in [-0.15, -0.1) is 0 Å². The number of carboxylic acid groups (broad SMARTS) is 1. The zero-order chi connectivity index (χ0) is 16.0. The van der Waals surface area contributed by atoms with E-state index in [4.69, 9.17) is 21.4 Å². The highest BCUT2D eigenvalue weighted by Crippen LogP contribution is 2.22. The minimum Gasteiger partial charge on any atom is -0.480 e. The first-order chi connectivity index (χ1) is 9.76. The monoisotopic (exact) mass is 313 g/mol. The van der Waals surface area contributed by atoms with Crippen molar-refractivity contribution in [3.63, 3.8) is 0 Å². The number of halogens is 1. The van der Waals surface area contributed by atoms with Crippen LogP contribution in [0.5, 0.6) is 5.75 Å². The molecule has 0 radical (unpaired) electrons. The molecule has 0 aliphatic rings. The van der Waals surface area contributed by atoms with E-state index in [9.17, 15) is 9.59 Å². The zero-order valence-corrected chi connectivity index (χ0v) is 13.1. The summed E-state index contributed by atoms with van der Waals surface area (Å²) < 4.78 is 5.61. The second-order valence-electron chi connectivity index (χ2n) is 5.22. The molecule has 0 heterocycles. The molecule has 5 nitrogen and oxygen atoms in total. The highest BCUT2D eigenvalue weighted by atomic mass is 35.5. The molecule has 0 aromatic heterocycles. The van der Waals surface area contributed by atoms with Crippen LogP contribution in [-0.4, -0.2) is 28.6 Å². The molecule has 21 heavy (non-hydrogen) atoms. The van der Waals surface area contributed by atoms with Crippen molar-refractivity contribution in [2.24, 2.45) is 0 Å². The average molecular weight is 314 g/mol. The van der Waals surface area contributed by atoms with Gasteiger partial charge in [0.1, 0.15) is 11.8 Å².